The van der Waals surface area contributed by atoms with E-state index in [0.29, 0.717) is 27.3 Å². The zero-order chi connectivity index (χ0) is 14.1. The van der Waals surface area contributed by atoms with E-state index >= 15 is 0 Å². The smallest absolute Gasteiger partial charge is 0.215 e. The van der Waals surface area contributed by atoms with Gasteiger partial charge < -0.3 is 5.73 Å². The van der Waals surface area contributed by atoms with Crippen LogP contribution in [0, 0.1) is 11.3 Å². The fraction of sp³-hybridized carbons (Fsp3) is 0.0833. The molecule has 0 atom stereocenters. The first-order valence-corrected chi connectivity index (χ1v) is 6.90. The lowest BCUT2D eigenvalue weighted by atomic mass is 10.1. The topological polar surface area (TPSA) is 92.6 Å². The molecule has 0 spiro atoms. The van der Waals surface area contributed by atoms with Gasteiger partial charge in [0.1, 0.15) is 16.8 Å². The van der Waals surface area contributed by atoms with Crippen LogP contribution >= 0.6 is 23.4 Å². The highest BCUT2D eigenvalue weighted by Crippen LogP contribution is 2.29. The Morgan fingerprint density at radius 2 is 2.10 bits per heavy atom. The van der Waals surface area contributed by atoms with Gasteiger partial charge >= 0.3 is 0 Å². The molecule has 2 aromatic rings. The van der Waals surface area contributed by atoms with Crippen LogP contribution in [0.25, 0.3) is 0 Å². The number of thioether (sulfide) groups is 1. The third kappa shape index (κ3) is 2.31. The van der Waals surface area contributed by atoms with Gasteiger partial charge in [0.2, 0.25) is 5.16 Å². The fourth-order valence-corrected chi connectivity index (χ4v) is 2.61. The maximum atomic E-state index is 8.94. The predicted octanol–water partition coefficient (Wildman–Crippen LogP) is 1.82. The summed E-state index contributed by atoms with van der Waals surface area (Å²) in [5, 5.41) is 18.4. The molecule has 1 aromatic heterocycles. The van der Waals surface area contributed by atoms with E-state index in [0.717, 1.165) is 11.4 Å². The average molecular weight is 305 g/mol. The van der Waals surface area contributed by atoms with Crippen molar-refractivity contribution < 1.29 is 0 Å². The van der Waals surface area contributed by atoms with Gasteiger partial charge in [-0.2, -0.15) is 5.26 Å². The lowest BCUT2D eigenvalue weighted by Crippen LogP contribution is -2.26. The first-order chi connectivity index (χ1) is 9.67. The summed E-state index contributed by atoms with van der Waals surface area (Å²) in [4.78, 5) is 0.392. The van der Waals surface area contributed by atoms with E-state index in [1.54, 1.807) is 4.68 Å². The monoisotopic (exact) mass is 304 g/mol. The first kappa shape index (κ1) is 12.8. The number of fused-ring (bicyclic) bond motifs is 1. The molecule has 0 saturated carbocycles. The number of halogens is 1. The Morgan fingerprint density at radius 3 is 2.80 bits per heavy atom. The summed E-state index contributed by atoms with van der Waals surface area (Å²) < 4.78 is 1.69. The van der Waals surface area contributed by atoms with E-state index in [9.17, 15) is 0 Å². The van der Waals surface area contributed by atoms with E-state index in [2.05, 4.69) is 15.6 Å². The molecule has 0 fully saturated rings. The molecule has 0 radical (unpaired) electrons. The van der Waals surface area contributed by atoms with Crippen LogP contribution in [0.15, 0.2) is 40.1 Å². The highest BCUT2D eigenvalue weighted by molar-refractivity contribution is 8.03. The molecule has 1 aliphatic heterocycles. The van der Waals surface area contributed by atoms with Crippen molar-refractivity contribution in [2.24, 2.45) is 5.73 Å². The van der Waals surface area contributed by atoms with E-state index in [-0.39, 0.29) is 0 Å². The molecule has 0 bridgehead atoms. The number of hydrogen-bond donors (Lipinski definition) is 2. The Bertz CT molecular complexity index is 727. The van der Waals surface area contributed by atoms with Gasteiger partial charge in [0, 0.05) is 11.4 Å². The van der Waals surface area contributed by atoms with Gasteiger partial charge in [-0.15, -0.1) is 10.2 Å². The number of hydrogen-bond acceptors (Lipinski definition) is 6. The fourth-order valence-electron chi connectivity index (χ4n) is 1.78. The summed E-state index contributed by atoms with van der Waals surface area (Å²) in [6, 6.07) is 9.54. The number of allylic oxidation sites excluding steroid dienone is 1. The lowest BCUT2D eigenvalue weighted by molar-refractivity contribution is 0.751. The second-order valence-corrected chi connectivity index (χ2v) is 5.52. The molecule has 0 aliphatic carbocycles. The number of nitrogens with one attached hydrogen (secondary N) is 1. The van der Waals surface area contributed by atoms with Crippen LogP contribution in [0.1, 0.15) is 11.4 Å². The predicted molar refractivity (Wildman–Crippen MR) is 76.3 cm³/mol. The quantitative estimate of drug-likeness (QED) is 0.879. The van der Waals surface area contributed by atoms with Gasteiger partial charge in [-0.05, 0) is 29.5 Å². The molecule has 0 saturated heterocycles. The normalized spacial score (nSPS) is 13.6. The Labute approximate surface area is 124 Å². The van der Waals surface area contributed by atoms with Gasteiger partial charge in [-0.3, -0.25) is 5.43 Å². The molecule has 2 heterocycles. The Morgan fingerprint density at radius 1 is 1.35 bits per heavy atom. The van der Waals surface area contributed by atoms with E-state index < -0.39 is 0 Å². The minimum Gasteiger partial charge on any atom is -0.383 e. The highest BCUT2D eigenvalue weighted by atomic mass is 35.5. The lowest BCUT2D eigenvalue weighted by Gasteiger charge is -2.17. The number of benzene rings is 1. The summed E-state index contributed by atoms with van der Waals surface area (Å²) in [6.07, 6.45) is 0.590. The van der Waals surface area contributed by atoms with Crippen molar-refractivity contribution in [3.05, 3.63) is 51.4 Å². The van der Waals surface area contributed by atoms with Gasteiger partial charge in [0.05, 0.1) is 0 Å². The average Bonchev–Trinajstić information content (AvgIpc) is 2.83. The van der Waals surface area contributed by atoms with Crippen LogP contribution in [0.3, 0.4) is 0 Å². The maximum absolute atomic E-state index is 8.94. The Hall–Kier alpha value is -2.17. The van der Waals surface area contributed by atoms with Crippen molar-refractivity contribution in [1.82, 2.24) is 14.9 Å². The molecule has 100 valence electrons. The summed E-state index contributed by atoms with van der Waals surface area (Å²) in [5.41, 5.74) is 9.76. The summed E-state index contributed by atoms with van der Waals surface area (Å²) in [5.74, 6) is 1.02. The van der Waals surface area contributed by atoms with Crippen LogP contribution < -0.4 is 11.2 Å². The number of nitrogens with zero attached hydrogens (tertiary/aromatic N) is 4. The second kappa shape index (κ2) is 5.07. The molecule has 20 heavy (non-hydrogen) atoms. The van der Waals surface area contributed by atoms with Crippen LogP contribution in [0.2, 0.25) is 5.02 Å². The van der Waals surface area contributed by atoms with E-state index in [1.165, 1.54) is 11.8 Å². The van der Waals surface area contributed by atoms with Crippen molar-refractivity contribution in [2.45, 2.75) is 11.6 Å². The van der Waals surface area contributed by atoms with Gasteiger partial charge in [0.15, 0.2) is 5.82 Å². The minimum absolute atomic E-state index is 0.308. The third-order valence-electron chi connectivity index (χ3n) is 2.75. The van der Waals surface area contributed by atoms with Crippen molar-refractivity contribution in [3.63, 3.8) is 0 Å². The molecular weight excluding hydrogens is 296 g/mol. The van der Waals surface area contributed by atoms with Crippen LogP contribution in [-0.2, 0) is 6.42 Å². The number of aromatic nitrogens is 3. The number of nitriles is 1. The van der Waals surface area contributed by atoms with Crippen molar-refractivity contribution in [2.75, 3.05) is 5.43 Å². The second-order valence-electron chi connectivity index (χ2n) is 4.11. The molecule has 1 aliphatic rings. The van der Waals surface area contributed by atoms with Crippen molar-refractivity contribution >= 4 is 23.4 Å². The molecule has 3 N–H and O–H groups in total. The Kier molecular flexibility index (Phi) is 3.26. The Balaban J connectivity index is 1.88. The minimum atomic E-state index is 0.308. The third-order valence-corrected chi connectivity index (χ3v) is 3.96. The van der Waals surface area contributed by atoms with E-state index in [1.807, 2.05) is 30.3 Å². The maximum Gasteiger partial charge on any atom is 0.215 e. The molecule has 3 rings (SSSR count). The SMILES string of the molecule is N#CC1=C(N)Nn2c(Cc3ccc(Cl)cc3)nnc2S1. The number of nitrogens with two attached hydrogens (primary N) is 1. The summed E-state index contributed by atoms with van der Waals surface area (Å²) >= 11 is 7.06. The van der Waals surface area contributed by atoms with Crippen LogP contribution in [0.4, 0.5) is 0 Å². The van der Waals surface area contributed by atoms with Crippen molar-refractivity contribution in [1.29, 1.82) is 5.26 Å². The van der Waals surface area contributed by atoms with Gasteiger partial charge in [0.25, 0.3) is 0 Å². The van der Waals surface area contributed by atoms with Crippen LogP contribution in [0.5, 0.6) is 0 Å². The molecular formula is C12H9ClN6S. The standard InChI is InChI=1S/C12H9ClN6S/c13-8-3-1-7(2-4-8)5-10-16-17-12-19(10)18-11(15)9(6-14)20-12/h1-4,18H,5,15H2. The number of rotatable bonds is 2. The summed E-state index contributed by atoms with van der Waals surface area (Å²) in [7, 11) is 0. The van der Waals surface area contributed by atoms with Gasteiger partial charge in [-0.1, -0.05) is 23.7 Å². The molecule has 0 unspecified atom stereocenters. The zero-order valence-electron chi connectivity index (χ0n) is 10.2. The summed E-state index contributed by atoms with van der Waals surface area (Å²) in [6.45, 7) is 0. The highest BCUT2D eigenvalue weighted by Gasteiger charge is 2.21. The molecule has 8 heteroatoms. The first-order valence-electron chi connectivity index (χ1n) is 5.71. The molecule has 0 amide bonds. The zero-order valence-corrected chi connectivity index (χ0v) is 11.7. The van der Waals surface area contributed by atoms with Gasteiger partial charge in [-0.25, -0.2) is 4.68 Å². The molecule has 1 aromatic carbocycles. The molecule has 6 nitrogen and oxygen atoms in total. The van der Waals surface area contributed by atoms with E-state index in [4.69, 9.17) is 22.6 Å². The van der Waals surface area contributed by atoms with Crippen LogP contribution in [-0.4, -0.2) is 14.9 Å². The van der Waals surface area contributed by atoms with Crippen molar-refractivity contribution in [3.8, 4) is 6.07 Å². The largest absolute Gasteiger partial charge is 0.383 e.